The van der Waals surface area contributed by atoms with Crippen molar-refractivity contribution in [2.24, 2.45) is 12.0 Å². The van der Waals surface area contributed by atoms with Gasteiger partial charge in [-0.15, -0.1) is 24.0 Å². The topological polar surface area (TPSA) is 54.2 Å². The van der Waals surface area contributed by atoms with Gasteiger partial charge in [-0.1, -0.05) is 37.3 Å². The minimum atomic E-state index is 0. The van der Waals surface area contributed by atoms with E-state index in [4.69, 9.17) is 0 Å². The molecule has 2 N–H and O–H groups in total. The summed E-state index contributed by atoms with van der Waals surface area (Å²) >= 11 is 0. The summed E-state index contributed by atoms with van der Waals surface area (Å²) in [5.41, 5.74) is 2.50. The van der Waals surface area contributed by atoms with E-state index in [1.54, 1.807) is 13.2 Å². The first-order chi connectivity index (χ1) is 10.7. The zero-order valence-corrected chi connectivity index (χ0v) is 16.3. The number of rotatable bonds is 6. The molecule has 23 heavy (non-hydrogen) atoms. The lowest BCUT2D eigenvalue weighted by molar-refractivity contribution is 0.645. The van der Waals surface area contributed by atoms with Gasteiger partial charge in [0.15, 0.2) is 5.96 Å². The predicted octanol–water partition coefficient (Wildman–Crippen LogP) is 2.90. The van der Waals surface area contributed by atoms with Crippen LogP contribution >= 0.6 is 24.0 Å². The second-order valence-corrected chi connectivity index (χ2v) is 5.40. The van der Waals surface area contributed by atoms with Crippen molar-refractivity contribution in [2.75, 3.05) is 13.6 Å². The summed E-state index contributed by atoms with van der Waals surface area (Å²) in [5, 5.41) is 10.8. The summed E-state index contributed by atoms with van der Waals surface area (Å²) in [6.45, 7) is 3.86. The van der Waals surface area contributed by atoms with Crippen molar-refractivity contribution < 1.29 is 0 Å². The summed E-state index contributed by atoms with van der Waals surface area (Å²) in [5.74, 6) is 1.35. The molecule has 1 unspecified atom stereocenters. The summed E-state index contributed by atoms with van der Waals surface area (Å²) in [4.78, 5) is 4.25. The molecular weight excluding hydrogens is 401 g/mol. The fraction of sp³-hybridized carbons (Fsp3) is 0.412. The highest BCUT2D eigenvalue weighted by atomic mass is 127. The van der Waals surface area contributed by atoms with Crippen molar-refractivity contribution in [1.82, 2.24) is 20.4 Å². The molecule has 0 spiro atoms. The van der Waals surface area contributed by atoms with Gasteiger partial charge in [0.05, 0.1) is 12.2 Å². The average molecular weight is 427 g/mol. The third-order valence-electron chi connectivity index (χ3n) is 3.82. The molecule has 0 radical (unpaired) electrons. The fourth-order valence-corrected chi connectivity index (χ4v) is 2.32. The Hall–Kier alpha value is -1.57. The van der Waals surface area contributed by atoms with Crippen LogP contribution in [0.5, 0.6) is 0 Å². The molecule has 2 rings (SSSR count). The van der Waals surface area contributed by atoms with Gasteiger partial charge >= 0.3 is 0 Å². The molecule has 0 aliphatic heterocycles. The summed E-state index contributed by atoms with van der Waals surface area (Å²) in [6, 6.07) is 12.6. The second-order valence-electron chi connectivity index (χ2n) is 5.40. The lowest BCUT2D eigenvalue weighted by atomic mass is 9.98. The molecule has 2 aromatic rings. The number of aryl methyl sites for hydroxylation is 1. The molecule has 1 aromatic heterocycles. The molecule has 5 nitrogen and oxygen atoms in total. The van der Waals surface area contributed by atoms with Crippen LogP contribution in [0.1, 0.15) is 30.5 Å². The third kappa shape index (κ3) is 6.21. The number of nitrogens with one attached hydrogen (secondary N) is 2. The van der Waals surface area contributed by atoms with Crippen LogP contribution in [-0.2, 0) is 13.6 Å². The molecule has 1 atom stereocenters. The molecule has 126 valence electrons. The smallest absolute Gasteiger partial charge is 0.191 e. The van der Waals surface area contributed by atoms with Crippen LogP contribution in [-0.4, -0.2) is 29.3 Å². The first-order valence-electron chi connectivity index (χ1n) is 7.67. The normalized spacial score (nSPS) is 12.4. The number of nitrogens with zero attached hydrogens (tertiary/aromatic N) is 3. The van der Waals surface area contributed by atoms with Gasteiger partial charge in [-0.3, -0.25) is 9.67 Å². The van der Waals surface area contributed by atoms with Crippen LogP contribution in [0.25, 0.3) is 0 Å². The van der Waals surface area contributed by atoms with E-state index in [1.807, 2.05) is 17.8 Å². The minimum Gasteiger partial charge on any atom is -0.356 e. The maximum absolute atomic E-state index is 4.25. The molecule has 6 heteroatoms. The van der Waals surface area contributed by atoms with Gasteiger partial charge in [-0.05, 0) is 24.0 Å². The van der Waals surface area contributed by atoms with E-state index in [2.05, 4.69) is 58.0 Å². The number of aliphatic imine (C=N–C) groups is 1. The van der Waals surface area contributed by atoms with Crippen LogP contribution < -0.4 is 10.6 Å². The van der Waals surface area contributed by atoms with Crippen molar-refractivity contribution in [2.45, 2.75) is 25.8 Å². The lowest BCUT2D eigenvalue weighted by Crippen LogP contribution is -2.38. The Morgan fingerprint density at radius 3 is 2.57 bits per heavy atom. The summed E-state index contributed by atoms with van der Waals surface area (Å²) in [7, 11) is 3.73. The Labute approximate surface area is 155 Å². The van der Waals surface area contributed by atoms with E-state index in [1.165, 1.54) is 5.56 Å². The zero-order valence-electron chi connectivity index (χ0n) is 14.0. The molecule has 0 bridgehead atoms. The number of guanidine groups is 1. The van der Waals surface area contributed by atoms with Gasteiger partial charge < -0.3 is 10.6 Å². The van der Waals surface area contributed by atoms with Gasteiger partial charge in [0, 0.05) is 26.8 Å². The Kier molecular flexibility index (Phi) is 8.68. The van der Waals surface area contributed by atoms with Crippen LogP contribution in [0.15, 0.2) is 47.6 Å². The minimum absolute atomic E-state index is 0. The lowest BCUT2D eigenvalue weighted by Gasteiger charge is -2.15. The van der Waals surface area contributed by atoms with E-state index < -0.39 is 0 Å². The number of hydrogen-bond acceptors (Lipinski definition) is 2. The van der Waals surface area contributed by atoms with Gasteiger partial charge in [0.2, 0.25) is 0 Å². The molecule has 0 amide bonds. The SMILES string of the molecule is CN=C(NCCC(C)c1ccccc1)NCc1ccnn1C.I. The van der Waals surface area contributed by atoms with Gasteiger partial charge in [0.25, 0.3) is 0 Å². The Morgan fingerprint density at radius 1 is 1.22 bits per heavy atom. The monoisotopic (exact) mass is 427 g/mol. The van der Waals surface area contributed by atoms with Crippen molar-refractivity contribution in [1.29, 1.82) is 0 Å². The van der Waals surface area contributed by atoms with Crippen molar-refractivity contribution in [3.05, 3.63) is 53.9 Å². The summed E-state index contributed by atoms with van der Waals surface area (Å²) in [6.07, 6.45) is 2.87. The molecule has 1 heterocycles. The van der Waals surface area contributed by atoms with E-state index in [-0.39, 0.29) is 24.0 Å². The summed E-state index contributed by atoms with van der Waals surface area (Å²) < 4.78 is 1.86. The quantitative estimate of drug-likeness (QED) is 0.424. The van der Waals surface area contributed by atoms with E-state index in [0.717, 1.165) is 24.6 Å². The Balaban J connectivity index is 0.00000264. The maximum Gasteiger partial charge on any atom is 0.191 e. The maximum atomic E-state index is 4.25. The zero-order chi connectivity index (χ0) is 15.8. The Bertz CT molecular complexity index is 594. The van der Waals surface area contributed by atoms with Gasteiger partial charge in [-0.2, -0.15) is 5.10 Å². The predicted molar refractivity (Wildman–Crippen MR) is 106 cm³/mol. The van der Waals surface area contributed by atoms with Crippen LogP contribution in [0.2, 0.25) is 0 Å². The molecule has 0 saturated heterocycles. The third-order valence-corrected chi connectivity index (χ3v) is 3.82. The highest BCUT2D eigenvalue weighted by Gasteiger charge is 2.05. The van der Waals surface area contributed by atoms with Gasteiger partial charge in [0.1, 0.15) is 0 Å². The Morgan fingerprint density at radius 2 is 1.96 bits per heavy atom. The largest absolute Gasteiger partial charge is 0.356 e. The molecule has 0 aliphatic rings. The fourth-order valence-electron chi connectivity index (χ4n) is 2.32. The number of aromatic nitrogens is 2. The molecule has 0 aliphatic carbocycles. The number of hydrogen-bond donors (Lipinski definition) is 2. The average Bonchev–Trinajstić information content (AvgIpc) is 2.96. The van der Waals surface area contributed by atoms with Crippen LogP contribution in [0.4, 0.5) is 0 Å². The highest BCUT2D eigenvalue weighted by molar-refractivity contribution is 14.0. The molecule has 1 aromatic carbocycles. The number of halogens is 1. The molecule has 0 saturated carbocycles. The molecular formula is C17H26IN5. The van der Waals surface area contributed by atoms with Crippen molar-refractivity contribution in [3.63, 3.8) is 0 Å². The number of benzene rings is 1. The van der Waals surface area contributed by atoms with E-state index >= 15 is 0 Å². The van der Waals surface area contributed by atoms with Crippen LogP contribution in [0, 0.1) is 0 Å². The second kappa shape index (κ2) is 10.3. The van der Waals surface area contributed by atoms with E-state index in [9.17, 15) is 0 Å². The van der Waals surface area contributed by atoms with Crippen molar-refractivity contribution in [3.8, 4) is 0 Å². The first kappa shape index (κ1) is 19.5. The van der Waals surface area contributed by atoms with Crippen molar-refractivity contribution >= 4 is 29.9 Å². The molecule has 0 fully saturated rings. The highest BCUT2D eigenvalue weighted by Crippen LogP contribution is 2.17. The van der Waals surface area contributed by atoms with E-state index in [0.29, 0.717) is 12.5 Å². The first-order valence-corrected chi connectivity index (χ1v) is 7.67. The standard InChI is InChI=1S/C17H25N5.HI/c1-14(15-7-5-4-6-8-15)9-11-19-17(18-2)20-13-16-10-12-21-22(16)3;/h4-8,10,12,14H,9,11,13H2,1-3H3,(H2,18,19,20);1H. The van der Waals surface area contributed by atoms with Gasteiger partial charge in [-0.25, -0.2) is 0 Å². The van der Waals surface area contributed by atoms with Crippen LogP contribution in [0.3, 0.4) is 0 Å².